The smallest absolute Gasteiger partial charge is 0.293 e. The van der Waals surface area contributed by atoms with Crippen LogP contribution in [0.2, 0.25) is 5.02 Å². The van der Waals surface area contributed by atoms with Crippen LogP contribution < -0.4 is 0 Å². The highest BCUT2D eigenvalue weighted by atomic mass is 35.5. The highest BCUT2D eigenvalue weighted by Crippen LogP contribution is 2.36. The molecular weight excluding hydrogens is 440 g/mol. The lowest BCUT2D eigenvalue weighted by Gasteiger charge is -2.12. The van der Waals surface area contributed by atoms with Gasteiger partial charge in [-0.05, 0) is 60.1 Å². The summed E-state index contributed by atoms with van der Waals surface area (Å²) in [5, 5.41) is 11.6. The van der Waals surface area contributed by atoms with E-state index in [2.05, 4.69) is 0 Å². The molecule has 1 aliphatic rings. The van der Waals surface area contributed by atoms with Gasteiger partial charge in [-0.25, -0.2) is 0 Å². The van der Waals surface area contributed by atoms with Gasteiger partial charge in [0.1, 0.15) is 11.5 Å². The van der Waals surface area contributed by atoms with Crippen molar-refractivity contribution in [2.24, 2.45) is 0 Å². The minimum absolute atomic E-state index is 0.0656. The molecule has 31 heavy (non-hydrogen) atoms. The van der Waals surface area contributed by atoms with Crippen molar-refractivity contribution in [1.29, 1.82) is 0 Å². The number of nitrogens with zero attached hydrogens (tertiary/aromatic N) is 2. The van der Waals surface area contributed by atoms with Gasteiger partial charge in [-0.15, -0.1) is 0 Å². The summed E-state index contributed by atoms with van der Waals surface area (Å²) in [4.78, 5) is 37.3. The van der Waals surface area contributed by atoms with Crippen molar-refractivity contribution in [2.45, 2.75) is 13.5 Å². The Balaban J connectivity index is 1.57. The molecule has 0 saturated carbocycles. The highest BCUT2D eigenvalue weighted by molar-refractivity contribution is 8.18. The number of benzene rings is 2. The summed E-state index contributed by atoms with van der Waals surface area (Å²) in [6, 6.07) is 14.9. The van der Waals surface area contributed by atoms with E-state index in [1.165, 1.54) is 12.1 Å². The molecular formula is C22H15ClN2O5S. The van der Waals surface area contributed by atoms with Gasteiger partial charge in [0.2, 0.25) is 0 Å². The van der Waals surface area contributed by atoms with E-state index in [1.54, 1.807) is 55.5 Å². The summed E-state index contributed by atoms with van der Waals surface area (Å²) in [6.45, 7) is 1.91. The van der Waals surface area contributed by atoms with Gasteiger partial charge in [0.05, 0.1) is 21.9 Å². The highest BCUT2D eigenvalue weighted by Gasteiger charge is 2.35. The van der Waals surface area contributed by atoms with Crippen molar-refractivity contribution in [3.05, 3.63) is 91.5 Å². The van der Waals surface area contributed by atoms with Gasteiger partial charge in [0.15, 0.2) is 0 Å². The number of carbonyl (C=O) groups is 2. The minimum atomic E-state index is -0.466. The summed E-state index contributed by atoms with van der Waals surface area (Å²) < 4.78 is 5.72. The zero-order valence-corrected chi connectivity index (χ0v) is 17.8. The Morgan fingerprint density at radius 1 is 1.13 bits per heavy atom. The van der Waals surface area contributed by atoms with E-state index in [0.29, 0.717) is 22.1 Å². The molecule has 9 heteroatoms. The lowest BCUT2D eigenvalue weighted by molar-refractivity contribution is -0.384. The molecule has 2 amide bonds. The molecule has 4 rings (SSSR count). The third-order valence-electron chi connectivity index (χ3n) is 4.64. The molecule has 1 aromatic heterocycles. The van der Waals surface area contributed by atoms with Crippen molar-refractivity contribution in [3.8, 4) is 11.3 Å². The average molecular weight is 455 g/mol. The number of hydrogen-bond acceptors (Lipinski definition) is 6. The first-order valence-corrected chi connectivity index (χ1v) is 10.4. The molecule has 3 aromatic rings. The van der Waals surface area contributed by atoms with E-state index in [4.69, 9.17) is 16.0 Å². The Morgan fingerprint density at radius 3 is 2.58 bits per heavy atom. The van der Waals surface area contributed by atoms with Crippen molar-refractivity contribution < 1.29 is 18.9 Å². The normalized spacial score (nSPS) is 15.2. The van der Waals surface area contributed by atoms with Gasteiger partial charge in [0, 0.05) is 17.2 Å². The first-order chi connectivity index (χ1) is 14.8. The van der Waals surface area contributed by atoms with E-state index >= 15 is 0 Å². The molecule has 0 aliphatic carbocycles. The van der Waals surface area contributed by atoms with Crippen molar-refractivity contribution in [1.82, 2.24) is 4.90 Å². The van der Waals surface area contributed by atoms with Gasteiger partial charge < -0.3 is 4.42 Å². The predicted octanol–water partition coefficient (Wildman–Crippen LogP) is 6.05. The number of nitro groups is 1. The predicted molar refractivity (Wildman–Crippen MR) is 119 cm³/mol. The lowest BCUT2D eigenvalue weighted by Crippen LogP contribution is -2.27. The number of carbonyl (C=O) groups excluding carboxylic acids is 2. The summed E-state index contributed by atoms with van der Waals surface area (Å²) >= 11 is 6.69. The van der Waals surface area contributed by atoms with Crippen LogP contribution in [0.3, 0.4) is 0 Å². The monoisotopic (exact) mass is 454 g/mol. The van der Waals surface area contributed by atoms with Crippen LogP contribution >= 0.6 is 23.4 Å². The summed E-state index contributed by atoms with van der Waals surface area (Å²) in [6.07, 6.45) is 1.47. The van der Waals surface area contributed by atoms with Crippen LogP contribution in [0, 0.1) is 17.0 Å². The first kappa shape index (κ1) is 20.9. The van der Waals surface area contributed by atoms with Crippen LogP contribution in [0.4, 0.5) is 10.5 Å². The second-order valence-corrected chi connectivity index (χ2v) is 8.30. The van der Waals surface area contributed by atoms with Crippen LogP contribution in [0.25, 0.3) is 17.4 Å². The lowest BCUT2D eigenvalue weighted by atomic mass is 10.1. The number of aryl methyl sites for hydroxylation is 1. The van der Waals surface area contributed by atoms with Crippen molar-refractivity contribution >= 4 is 46.3 Å². The SMILES string of the molecule is Cc1ccc(-c2ccc(/C=C3\SC(=O)N(Cc4ccc(Cl)cc4)C3=O)o2)c([N+](=O)[O-])c1. The second-order valence-electron chi connectivity index (χ2n) is 6.87. The first-order valence-electron chi connectivity index (χ1n) is 9.17. The number of nitro benzene ring substituents is 1. The summed E-state index contributed by atoms with van der Waals surface area (Å²) in [7, 11) is 0. The fraction of sp³-hybridized carbons (Fsp3) is 0.0909. The molecule has 0 atom stereocenters. The topological polar surface area (TPSA) is 93.7 Å². The number of halogens is 1. The Hall–Kier alpha value is -3.36. The Labute approximate surface area is 186 Å². The van der Waals surface area contributed by atoms with Crippen LogP contribution in [0.5, 0.6) is 0 Å². The third-order valence-corrected chi connectivity index (χ3v) is 5.80. The molecule has 0 bridgehead atoms. The van der Waals surface area contributed by atoms with Crippen LogP contribution in [-0.4, -0.2) is 21.0 Å². The van der Waals surface area contributed by atoms with Crippen LogP contribution in [0.15, 0.2) is 63.9 Å². The fourth-order valence-electron chi connectivity index (χ4n) is 3.11. The van der Waals surface area contributed by atoms with Crippen molar-refractivity contribution in [3.63, 3.8) is 0 Å². The molecule has 0 spiro atoms. The van der Waals surface area contributed by atoms with E-state index in [1.807, 2.05) is 0 Å². The largest absolute Gasteiger partial charge is 0.456 e. The van der Waals surface area contributed by atoms with Crippen molar-refractivity contribution in [2.75, 3.05) is 0 Å². The van der Waals surface area contributed by atoms with Crippen LogP contribution in [-0.2, 0) is 11.3 Å². The Bertz CT molecular complexity index is 1230. The number of rotatable bonds is 5. The number of thioether (sulfide) groups is 1. The molecule has 2 heterocycles. The van der Waals surface area contributed by atoms with Gasteiger partial charge in [-0.2, -0.15) is 0 Å². The molecule has 7 nitrogen and oxygen atoms in total. The molecule has 156 valence electrons. The Kier molecular flexibility index (Phi) is 5.67. The maximum Gasteiger partial charge on any atom is 0.293 e. The maximum absolute atomic E-state index is 12.7. The van der Waals surface area contributed by atoms with Crippen LogP contribution in [0.1, 0.15) is 16.9 Å². The maximum atomic E-state index is 12.7. The molecule has 0 unspecified atom stereocenters. The van der Waals surface area contributed by atoms with Gasteiger partial charge in [-0.3, -0.25) is 24.6 Å². The average Bonchev–Trinajstić information content (AvgIpc) is 3.29. The molecule has 0 radical (unpaired) electrons. The fourth-order valence-corrected chi connectivity index (χ4v) is 4.06. The van der Waals surface area contributed by atoms with E-state index in [-0.39, 0.29) is 22.4 Å². The van der Waals surface area contributed by atoms with E-state index < -0.39 is 10.8 Å². The van der Waals surface area contributed by atoms with E-state index in [9.17, 15) is 19.7 Å². The molecule has 1 saturated heterocycles. The molecule has 1 aliphatic heterocycles. The van der Waals surface area contributed by atoms with Gasteiger partial charge in [0.25, 0.3) is 16.8 Å². The quantitative estimate of drug-likeness (QED) is 0.264. The Morgan fingerprint density at radius 2 is 1.87 bits per heavy atom. The zero-order valence-electron chi connectivity index (χ0n) is 16.2. The summed E-state index contributed by atoms with van der Waals surface area (Å²) in [5.74, 6) is 0.199. The van der Waals surface area contributed by atoms with E-state index in [0.717, 1.165) is 27.8 Å². The summed E-state index contributed by atoms with van der Waals surface area (Å²) in [5.41, 5.74) is 1.81. The second kappa shape index (κ2) is 8.41. The number of amides is 2. The number of furan rings is 1. The zero-order chi connectivity index (χ0) is 22.1. The van der Waals surface area contributed by atoms with Gasteiger partial charge in [-0.1, -0.05) is 29.8 Å². The number of hydrogen-bond donors (Lipinski definition) is 0. The minimum Gasteiger partial charge on any atom is -0.456 e. The molecule has 1 fully saturated rings. The molecule has 2 aromatic carbocycles. The van der Waals surface area contributed by atoms with Gasteiger partial charge >= 0.3 is 0 Å². The standard InChI is InChI=1S/C22H15ClN2O5S/c1-13-2-8-17(18(10-13)25(28)29)19-9-7-16(30-19)11-20-21(26)24(22(27)31-20)12-14-3-5-15(23)6-4-14/h2-11H,12H2,1H3/b20-11-. The number of imide groups is 1. The molecule has 0 N–H and O–H groups in total. The third kappa shape index (κ3) is 4.40.